The Hall–Kier alpha value is -1.50. The number of hydrogen-bond acceptors (Lipinski definition) is 4. The summed E-state index contributed by atoms with van der Waals surface area (Å²) >= 11 is 0. The zero-order valence-electron chi connectivity index (χ0n) is 11.0. The predicted molar refractivity (Wildman–Crippen MR) is 69.4 cm³/mol. The Balaban J connectivity index is 2.18. The van der Waals surface area contributed by atoms with Crippen molar-refractivity contribution in [3.8, 4) is 0 Å². The third-order valence-corrected chi connectivity index (χ3v) is 3.87. The molecule has 0 saturated heterocycles. The largest absolute Gasteiger partial charge is 0.394 e. The van der Waals surface area contributed by atoms with Crippen molar-refractivity contribution in [2.24, 2.45) is 0 Å². The van der Waals surface area contributed by atoms with Gasteiger partial charge in [-0.25, -0.2) is 4.39 Å². The topological polar surface area (TPSA) is 89.8 Å². The van der Waals surface area contributed by atoms with Crippen molar-refractivity contribution >= 4 is 5.91 Å². The number of nitrogens with one attached hydrogen (secondary N) is 1. The van der Waals surface area contributed by atoms with Crippen molar-refractivity contribution in [2.45, 2.75) is 23.8 Å². The third kappa shape index (κ3) is 2.54. The summed E-state index contributed by atoms with van der Waals surface area (Å²) in [7, 11) is 0. The standard InChI is InChI=1S/C14H18FNO4/c15-11-3-1-10(2-4-11)14(5-6-14)12(20)16-13(7-17,8-18)9-19/h1-4,17-19H,5-9H2,(H,16,20). The van der Waals surface area contributed by atoms with Crippen LogP contribution >= 0.6 is 0 Å². The average molecular weight is 283 g/mol. The van der Waals surface area contributed by atoms with E-state index in [0.717, 1.165) is 0 Å². The Morgan fingerprint density at radius 3 is 2.05 bits per heavy atom. The zero-order valence-corrected chi connectivity index (χ0v) is 11.0. The summed E-state index contributed by atoms with van der Waals surface area (Å²) in [5.74, 6) is -0.748. The van der Waals surface area contributed by atoms with Gasteiger partial charge in [0.1, 0.15) is 11.4 Å². The van der Waals surface area contributed by atoms with E-state index < -0.39 is 30.8 Å². The highest BCUT2D eigenvalue weighted by Gasteiger charge is 2.52. The van der Waals surface area contributed by atoms with Crippen LogP contribution in [0.1, 0.15) is 18.4 Å². The summed E-state index contributed by atoms with van der Waals surface area (Å²) in [6, 6.07) is 5.70. The number of carbonyl (C=O) groups excluding carboxylic acids is 1. The molecule has 0 unspecified atom stereocenters. The van der Waals surface area contributed by atoms with E-state index >= 15 is 0 Å². The molecule has 20 heavy (non-hydrogen) atoms. The average Bonchev–Trinajstić information content (AvgIpc) is 3.27. The molecule has 6 heteroatoms. The molecule has 0 atom stereocenters. The van der Waals surface area contributed by atoms with Gasteiger partial charge in [0.25, 0.3) is 0 Å². The van der Waals surface area contributed by atoms with Gasteiger partial charge in [0.05, 0.1) is 25.2 Å². The highest BCUT2D eigenvalue weighted by atomic mass is 19.1. The third-order valence-electron chi connectivity index (χ3n) is 3.87. The fourth-order valence-corrected chi connectivity index (χ4v) is 2.17. The van der Waals surface area contributed by atoms with Gasteiger partial charge in [0.15, 0.2) is 0 Å². The van der Waals surface area contributed by atoms with E-state index in [0.29, 0.717) is 18.4 Å². The first kappa shape index (κ1) is 14.9. The number of aliphatic hydroxyl groups is 3. The number of hydrogen-bond donors (Lipinski definition) is 4. The Bertz CT molecular complexity index is 472. The van der Waals surface area contributed by atoms with E-state index in [2.05, 4.69) is 5.32 Å². The minimum atomic E-state index is -1.44. The summed E-state index contributed by atoms with van der Waals surface area (Å²) in [6.45, 7) is -1.69. The lowest BCUT2D eigenvalue weighted by atomic mass is 9.93. The van der Waals surface area contributed by atoms with Crippen LogP contribution in [0, 0.1) is 5.82 Å². The van der Waals surface area contributed by atoms with Gasteiger partial charge >= 0.3 is 0 Å². The second-order valence-electron chi connectivity index (χ2n) is 5.30. The number of benzene rings is 1. The smallest absolute Gasteiger partial charge is 0.231 e. The summed E-state index contributed by atoms with van der Waals surface area (Å²) in [5, 5.41) is 30.2. The van der Waals surface area contributed by atoms with Gasteiger partial charge in [0.2, 0.25) is 5.91 Å². The van der Waals surface area contributed by atoms with Crippen LogP contribution in [-0.4, -0.2) is 46.6 Å². The van der Waals surface area contributed by atoms with E-state index in [1.165, 1.54) is 12.1 Å². The molecule has 1 amide bonds. The van der Waals surface area contributed by atoms with E-state index in [-0.39, 0.29) is 11.7 Å². The van der Waals surface area contributed by atoms with Gasteiger partial charge in [0, 0.05) is 0 Å². The van der Waals surface area contributed by atoms with E-state index in [4.69, 9.17) is 0 Å². The molecule has 0 spiro atoms. The van der Waals surface area contributed by atoms with Crippen LogP contribution in [0.2, 0.25) is 0 Å². The van der Waals surface area contributed by atoms with Gasteiger partial charge in [-0.1, -0.05) is 12.1 Å². The number of carbonyl (C=O) groups is 1. The quantitative estimate of drug-likeness (QED) is 0.576. The molecular weight excluding hydrogens is 265 g/mol. The number of aliphatic hydroxyl groups excluding tert-OH is 3. The summed E-state index contributed by atoms with van der Waals surface area (Å²) < 4.78 is 12.9. The highest BCUT2D eigenvalue weighted by molar-refractivity contribution is 5.91. The van der Waals surface area contributed by atoms with Crippen molar-refractivity contribution in [2.75, 3.05) is 19.8 Å². The molecule has 110 valence electrons. The molecule has 5 nitrogen and oxygen atoms in total. The van der Waals surface area contributed by atoms with Crippen LogP contribution in [0.5, 0.6) is 0 Å². The lowest BCUT2D eigenvalue weighted by Crippen LogP contribution is -2.59. The molecule has 0 radical (unpaired) electrons. The number of halogens is 1. The summed E-state index contributed by atoms with van der Waals surface area (Å²) in [6.07, 6.45) is 1.23. The molecule has 0 aliphatic heterocycles. The van der Waals surface area contributed by atoms with Gasteiger partial charge in [-0.3, -0.25) is 4.79 Å². The molecule has 2 rings (SSSR count). The van der Waals surface area contributed by atoms with Crippen molar-refractivity contribution in [1.82, 2.24) is 5.32 Å². The molecule has 1 aromatic rings. The van der Waals surface area contributed by atoms with Crippen LogP contribution in [0.4, 0.5) is 4.39 Å². The molecule has 0 heterocycles. The van der Waals surface area contributed by atoms with E-state index in [1.54, 1.807) is 12.1 Å². The highest BCUT2D eigenvalue weighted by Crippen LogP contribution is 2.48. The maximum atomic E-state index is 12.9. The van der Waals surface area contributed by atoms with Crippen LogP contribution in [0.25, 0.3) is 0 Å². The number of rotatable bonds is 6. The Kier molecular flexibility index (Phi) is 4.08. The minimum absolute atomic E-state index is 0.374. The van der Waals surface area contributed by atoms with Crippen molar-refractivity contribution in [3.05, 3.63) is 35.6 Å². The van der Waals surface area contributed by atoms with Crippen molar-refractivity contribution in [3.63, 3.8) is 0 Å². The maximum Gasteiger partial charge on any atom is 0.231 e. The molecule has 1 aliphatic rings. The Labute approximate surface area is 116 Å². The maximum absolute atomic E-state index is 12.9. The molecular formula is C14H18FNO4. The molecule has 0 bridgehead atoms. The fraction of sp³-hybridized carbons (Fsp3) is 0.500. The second-order valence-corrected chi connectivity index (χ2v) is 5.30. The first-order valence-electron chi connectivity index (χ1n) is 6.43. The first-order valence-corrected chi connectivity index (χ1v) is 6.43. The molecule has 1 aliphatic carbocycles. The lowest BCUT2D eigenvalue weighted by molar-refractivity contribution is -0.128. The van der Waals surface area contributed by atoms with Crippen LogP contribution in [-0.2, 0) is 10.2 Å². The van der Waals surface area contributed by atoms with Crippen molar-refractivity contribution in [1.29, 1.82) is 0 Å². The zero-order chi connectivity index (χ0) is 14.8. The van der Waals surface area contributed by atoms with Crippen molar-refractivity contribution < 1.29 is 24.5 Å². The van der Waals surface area contributed by atoms with Crippen LogP contribution in [0.15, 0.2) is 24.3 Å². The molecule has 0 aromatic heterocycles. The minimum Gasteiger partial charge on any atom is -0.394 e. The first-order chi connectivity index (χ1) is 9.52. The molecule has 4 N–H and O–H groups in total. The lowest BCUT2D eigenvalue weighted by Gasteiger charge is -2.31. The van der Waals surface area contributed by atoms with Gasteiger partial charge in [-0.2, -0.15) is 0 Å². The summed E-state index contributed by atoms with van der Waals surface area (Å²) in [4.78, 5) is 12.4. The number of amides is 1. The van der Waals surface area contributed by atoms with Gasteiger partial charge in [-0.15, -0.1) is 0 Å². The molecule has 1 aromatic carbocycles. The van der Waals surface area contributed by atoms with Gasteiger partial charge in [-0.05, 0) is 30.5 Å². The molecule has 1 fully saturated rings. The van der Waals surface area contributed by atoms with Crippen LogP contribution < -0.4 is 5.32 Å². The monoisotopic (exact) mass is 283 g/mol. The molecule has 1 saturated carbocycles. The summed E-state index contributed by atoms with van der Waals surface area (Å²) in [5.41, 5.74) is -1.50. The normalized spacial score (nSPS) is 16.8. The van der Waals surface area contributed by atoms with Gasteiger partial charge < -0.3 is 20.6 Å². The van der Waals surface area contributed by atoms with E-state index in [9.17, 15) is 24.5 Å². The Morgan fingerprint density at radius 1 is 1.15 bits per heavy atom. The second kappa shape index (κ2) is 5.47. The predicted octanol–water partition coefficient (Wildman–Crippen LogP) is -0.311. The Morgan fingerprint density at radius 2 is 1.65 bits per heavy atom. The van der Waals surface area contributed by atoms with E-state index in [1.807, 2.05) is 0 Å². The SMILES string of the molecule is O=C(NC(CO)(CO)CO)C1(c2ccc(F)cc2)CC1. The fourth-order valence-electron chi connectivity index (χ4n) is 2.17. The van der Waals surface area contributed by atoms with Crippen LogP contribution in [0.3, 0.4) is 0 Å².